The van der Waals surface area contributed by atoms with Gasteiger partial charge in [0.25, 0.3) is 0 Å². The second kappa shape index (κ2) is 12.7. The van der Waals surface area contributed by atoms with Crippen molar-refractivity contribution in [3.05, 3.63) is 58.7 Å². The van der Waals surface area contributed by atoms with Gasteiger partial charge >= 0.3 is 0 Å². The summed E-state index contributed by atoms with van der Waals surface area (Å²) in [6.07, 6.45) is 7.90. The van der Waals surface area contributed by atoms with Crippen LogP contribution in [0.5, 0.6) is 5.88 Å². The molecule has 2 bridgehead atoms. The number of hydrogen-bond donors (Lipinski definition) is 3. The number of fused-ring (bicyclic) bond motifs is 2. The number of halogens is 1. The molecule has 4 N–H and O–H groups in total. The zero-order chi connectivity index (χ0) is 28.3. The number of nitrogens with zero attached hydrogens (tertiary/aromatic N) is 2. The number of piperazine rings is 1. The summed E-state index contributed by atoms with van der Waals surface area (Å²) in [7, 11) is -1.65. The molecule has 1 amide bonds. The first-order valence-corrected chi connectivity index (χ1v) is 16.3. The number of hydrogen-bond acceptors (Lipinski definition) is 7. The highest BCUT2D eigenvalue weighted by atomic mass is 35.5. The highest BCUT2D eigenvalue weighted by Crippen LogP contribution is 2.33. The van der Waals surface area contributed by atoms with E-state index in [1.165, 1.54) is 0 Å². The van der Waals surface area contributed by atoms with Crippen molar-refractivity contribution in [2.24, 2.45) is 11.7 Å². The van der Waals surface area contributed by atoms with Crippen LogP contribution < -0.4 is 21.1 Å². The standard InChI is InChI=1S/C29H40ClN5O4S/c1-39-26-14-10-21(16-33-26)27(20-7-11-22(30)12-8-20)28(31)29(36)34-25-6-2-4-19(25)9-13-24-17-32-23-5-3-15-40(37,38)35(24)18-23/h7-8,10-12,14,16,19,23-25,27-28,32H,2-6,9,13,15,17-18,31H2,1H3,(H,34,36). The van der Waals surface area contributed by atoms with Gasteiger partial charge in [0.05, 0.1) is 18.9 Å². The summed E-state index contributed by atoms with van der Waals surface area (Å²) >= 11 is 6.13. The molecule has 11 heteroatoms. The van der Waals surface area contributed by atoms with Crippen LogP contribution in [0, 0.1) is 5.92 Å². The Balaban J connectivity index is 1.25. The molecule has 3 heterocycles. The molecule has 2 saturated heterocycles. The topological polar surface area (TPSA) is 127 Å². The van der Waals surface area contributed by atoms with Gasteiger partial charge in [-0.1, -0.05) is 36.2 Å². The number of rotatable bonds is 9. The number of amides is 1. The Hall–Kier alpha value is -2.24. The quantitative estimate of drug-likeness (QED) is 0.410. The first-order chi connectivity index (χ1) is 19.2. The van der Waals surface area contributed by atoms with Crippen molar-refractivity contribution in [1.29, 1.82) is 0 Å². The number of benzene rings is 1. The number of ether oxygens (including phenoxy) is 1. The first-order valence-electron chi connectivity index (χ1n) is 14.3. The van der Waals surface area contributed by atoms with Crippen molar-refractivity contribution >= 4 is 27.5 Å². The predicted molar refractivity (Wildman–Crippen MR) is 156 cm³/mol. The summed E-state index contributed by atoms with van der Waals surface area (Å²) in [4.78, 5) is 17.9. The molecule has 0 spiro atoms. The minimum absolute atomic E-state index is 0.0171. The average molecular weight is 590 g/mol. The van der Waals surface area contributed by atoms with E-state index in [1.54, 1.807) is 35.8 Å². The Morgan fingerprint density at radius 3 is 2.65 bits per heavy atom. The van der Waals surface area contributed by atoms with Crippen molar-refractivity contribution in [2.75, 3.05) is 26.0 Å². The lowest BCUT2D eigenvalue weighted by molar-refractivity contribution is -0.123. The summed E-state index contributed by atoms with van der Waals surface area (Å²) in [5, 5.41) is 7.42. The lowest BCUT2D eigenvalue weighted by Gasteiger charge is -2.38. The molecule has 5 rings (SSSR count). The molecule has 1 saturated carbocycles. The van der Waals surface area contributed by atoms with Crippen molar-refractivity contribution in [3.63, 3.8) is 0 Å². The van der Waals surface area contributed by atoms with Crippen molar-refractivity contribution in [1.82, 2.24) is 19.9 Å². The van der Waals surface area contributed by atoms with Crippen molar-refractivity contribution in [3.8, 4) is 5.88 Å². The molecule has 1 aromatic carbocycles. The largest absolute Gasteiger partial charge is 0.481 e. The van der Waals surface area contributed by atoms with Crippen molar-refractivity contribution in [2.45, 2.75) is 75.0 Å². The van der Waals surface area contributed by atoms with Crippen LogP contribution in [0.2, 0.25) is 5.02 Å². The zero-order valence-electron chi connectivity index (χ0n) is 23.0. The minimum Gasteiger partial charge on any atom is -0.481 e. The first kappa shape index (κ1) is 29.3. The van der Waals surface area contributed by atoms with E-state index in [9.17, 15) is 13.2 Å². The van der Waals surface area contributed by atoms with E-state index in [1.807, 2.05) is 18.2 Å². The number of carbonyl (C=O) groups is 1. The fourth-order valence-corrected chi connectivity index (χ4v) is 8.56. The van der Waals surface area contributed by atoms with Gasteiger partial charge in [-0.25, -0.2) is 13.4 Å². The molecule has 40 heavy (non-hydrogen) atoms. The van der Waals surface area contributed by atoms with E-state index in [-0.39, 0.29) is 29.8 Å². The third kappa shape index (κ3) is 6.62. The van der Waals surface area contributed by atoms with Crippen LogP contribution in [0.1, 0.15) is 62.0 Å². The number of nitrogens with one attached hydrogen (secondary N) is 2. The average Bonchev–Trinajstić information content (AvgIpc) is 3.35. The minimum atomic E-state index is -3.21. The Bertz CT molecular complexity index is 1260. The molecular formula is C29H40ClN5O4S. The van der Waals surface area contributed by atoms with Crippen LogP contribution in [0.15, 0.2) is 42.6 Å². The predicted octanol–water partition coefficient (Wildman–Crippen LogP) is 3.03. The van der Waals surface area contributed by atoms with Gasteiger partial charge in [0.1, 0.15) is 0 Å². The lowest BCUT2D eigenvalue weighted by Crippen LogP contribution is -2.57. The third-order valence-corrected chi connectivity index (χ3v) is 11.1. The maximum atomic E-state index is 13.6. The monoisotopic (exact) mass is 589 g/mol. The smallest absolute Gasteiger partial charge is 0.238 e. The highest BCUT2D eigenvalue weighted by Gasteiger charge is 2.39. The second-order valence-corrected chi connectivity index (χ2v) is 13.8. The van der Waals surface area contributed by atoms with Gasteiger partial charge in [-0.15, -0.1) is 0 Å². The van der Waals surface area contributed by atoms with Gasteiger partial charge in [0.15, 0.2) is 0 Å². The van der Waals surface area contributed by atoms with Gasteiger partial charge in [0.2, 0.25) is 21.8 Å². The molecule has 3 fully saturated rings. The number of pyridine rings is 1. The number of aromatic nitrogens is 1. The summed E-state index contributed by atoms with van der Waals surface area (Å²) in [5.41, 5.74) is 8.36. The van der Waals surface area contributed by atoms with Crippen LogP contribution >= 0.6 is 11.6 Å². The molecule has 3 aliphatic rings. The lowest BCUT2D eigenvalue weighted by atomic mass is 9.85. The van der Waals surface area contributed by atoms with E-state index in [2.05, 4.69) is 15.6 Å². The van der Waals surface area contributed by atoms with E-state index in [0.717, 1.165) is 49.7 Å². The Kier molecular flexibility index (Phi) is 9.31. The van der Waals surface area contributed by atoms with Crippen LogP contribution in [0.3, 0.4) is 0 Å². The van der Waals surface area contributed by atoms with E-state index in [0.29, 0.717) is 36.3 Å². The molecule has 0 radical (unpaired) electrons. The Morgan fingerprint density at radius 1 is 1.15 bits per heavy atom. The van der Waals surface area contributed by atoms with Gasteiger partial charge in [-0.2, -0.15) is 4.31 Å². The maximum Gasteiger partial charge on any atom is 0.238 e. The number of carbonyl (C=O) groups excluding carboxylic acids is 1. The molecular weight excluding hydrogens is 550 g/mol. The molecule has 7 unspecified atom stereocenters. The number of methoxy groups -OCH3 is 1. The van der Waals surface area contributed by atoms with Crippen LogP contribution in [-0.2, 0) is 14.8 Å². The Labute approximate surface area is 242 Å². The zero-order valence-corrected chi connectivity index (χ0v) is 24.5. The normalized spacial score (nSPS) is 29.2. The molecule has 1 aliphatic carbocycles. The molecule has 2 aliphatic heterocycles. The van der Waals surface area contributed by atoms with Gasteiger partial charge in [-0.05, 0) is 67.7 Å². The molecule has 7 atom stereocenters. The van der Waals surface area contributed by atoms with Crippen LogP contribution in [-0.4, -0.2) is 73.7 Å². The molecule has 2 aromatic rings. The summed E-state index contributed by atoms with van der Waals surface area (Å²) < 4.78 is 32.7. The summed E-state index contributed by atoms with van der Waals surface area (Å²) in [5.74, 6) is 0.400. The molecule has 1 aromatic heterocycles. The molecule has 218 valence electrons. The van der Waals surface area contributed by atoms with E-state index >= 15 is 0 Å². The number of sulfonamides is 1. The maximum absolute atomic E-state index is 13.6. The van der Waals surface area contributed by atoms with E-state index < -0.39 is 22.0 Å². The second-order valence-electron chi connectivity index (χ2n) is 11.4. The SMILES string of the molecule is COc1ccc(C(c2ccc(Cl)cc2)C(N)C(=O)NC2CCCC2CCC2CNC3CCCS(=O)(=O)N2C3)cn1. The summed E-state index contributed by atoms with van der Waals surface area (Å²) in [6.45, 7) is 1.26. The number of nitrogens with two attached hydrogens (primary N) is 1. The fraction of sp³-hybridized carbons (Fsp3) is 0.586. The van der Waals surface area contributed by atoms with Gasteiger partial charge in [0, 0.05) is 54.4 Å². The molecule has 9 nitrogen and oxygen atoms in total. The highest BCUT2D eigenvalue weighted by molar-refractivity contribution is 7.89. The summed E-state index contributed by atoms with van der Waals surface area (Å²) in [6, 6.07) is 10.4. The van der Waals surface area contributed by atoms with E-state index in [4.69, 9.17) is 22.1 Å². The Morgan fingerprint density at radius 2 is 1.93 bits per heavy atom. The van der Waals surface area contributed by atoms with Gasteiger partial charge in [-0.3, -0.25) is 4.79 Å². The van der Waals surface area contributed by atoms with Crippen LogP contribution in [0.25, 0.3) is 0 Å². The van der Waals surface area contributed by atoms with Gasteiger partial charge < -0.3 is 21.1 Å². The third-order valence-electron chi connectivity index (χ3n) is 8.84. The van der Waals surface area contributed by atoms with Crippen LogP contribution in [0.4, 0.5) is 0 Å². The fourth-order valence-electron chi connectivity index (χ4n) is 6.63. The van der Waals surface area contributed by atoms with Crippen molar-refractivity contribution < 1.29 is 17.9 Å².